The molecule has 2 aromatic heterocycles. The van der Waals surface area contributed by atoms with Crippen LogP contribution in [0.1, 0.15) is 36.8 Å². The lowest BCUT2D eigenvalue weighted by molar-refractivity contribution is -0.143. The maximum absolute atomic E-state index is 14.0. The largest absolute Gasteiger partial charge is 0.495 e. The Morgan fingerprint density at radius 3 is 2.53 bits per heavy atom. The van der Waals surface area contributed by atoms with Crippen molar-refractivity contribution in [3.63, 3.8) is 0 Å². The van der Waals surface area contributed by atoms with Gasteiger partial charge in [0.25, 0.3) is 5.91 Å². The Bertz CT molecular complexity index is 1500. The summed E-state index contributed by atoms with van der Waals surface area (Å²) in [6.07, 6.45) is 0. The van der Waals surface area contributed by atoms with Crippen LogP contribution in [0.3, 0.4) is 0 Å². The van der Waals surface area contributed by atoms with E-state index in [1.807, 2.05) is 16.8 Å². The minimum absolute atomic E-state index is 0.0132. The number of sulfone groups is 1. The van der Waals surface area contributed by atoms with Crippen LogP contribution in [0.2, 0.25) is 0 Å². The number of hydrogen-bond donors (Lipinski definition) is 3. The van der Waals surface area contributed by atoms with Gasteiger partial charge >= 0.3 is 0 Å². The predicted molar refractivity (Wildman–Crippen MR) is 141 cm³/mol. The average Bonchev–Trinajstić information content (AvgIpc) is 3.49. The summed E-state index contributed by atoms with van der Waals surface area (Å²) in [4.78, 5) is 15.2. The molecule has 0 unspecified atom stereocenters. The van der Waals surface area contributed by atoms with Crippen molar-refractivity contribution in [3.8, 4) is 28.4 Å². The standard InChI is InChI=1S/C24H30N6O6S2/c1-13(2)38(32,33)19-7-15-17(8-18(19)34-4)36-9-16-20(28-29(21(15)16)14-5-6-37-10-14)22(31)30(24(25,26)27)23(3)11-35-12-23/h5-8,10,13H,9,11-12,25-27H2,1-4H3. The molecular weight excluding hydrogens is 532 g/mol. The van der Waals surface area contributed by atoms with Crippen LogP contribution in [0.4, 0.5) is 0 Å². The second-order valence-corrected chi connectivity index (χ2v) is 13.2. The van der Waals surface area contributed by atoms with Gasteiger partial charge in [-0.2, -0.15) is 16.4 Å². The van der Waals surface area contributed by atoms with E-state index in [-0.39, 0.29) is 36.2 Å². The summed E-state index contributed by atoms with van der Waals surface area (Å²) in [6.45, 7) is 5.37. The fraction of sp³-hybridized carbons (Fsp3) is 0.417. The van der Waals surface area contributed by atoms with E-state index >= 15 is 0 Å². The number of carbonyl (C=O) groups is 1. The maximum Gasteiger partial charge on any atom is 0.278 e. The Morgan fingerprint density at radius 1 is 1.29 bits per heavy atom. The summed E-state index contributed by atoms with van der Waals surface area (Å²) in [5.41, 5.74) is 19.5. The molecule has 2 aliphatic heterocycles. The van der Waals surface area contributed by atoms with Crippen LogP contribution >= 0.6 is 11.3 Å². The molecule has 5 rings (SSSR count). The number of aromatic nitrogens is 2. The van der Waals surface area contributed by atoms with Crippen molar-refractivity contribution < 1.29 is 27.4 Å². The lowest BCUT2D eigenvalue weighted by atomic mass is 9.95. The quantitative estimate of drug-likeness (QED) is 0.357. The van der Waals surface area contributed by atoms with E-state index in [4.69, 9.17) is 31.4 Å². The molecule has 4 heterocycles. The topological polar surface area (TPSA) is 178 Å². The first kappa shape index (κ1) is 26.6. The second-order valence-electron chi connectivity index (χ2n) is 9.97. The van der Waals surface area contributed by atoms with E-state index in [1.165, 1.54) is 29.4 Å². The van der Waals surface area contributed by atoms with E-state index in [1.54, 1.807) is 31.5 Å². The minimum atomic E-state index is -3.73. The fourth-order valence-electron chi connectivity index (χ4n) is 4.75. The zero-order chi connectivity index (χ0) is 27.6. The number of benzene rings is 1. The van der Waals surface area contributed by atoms with Crippen LogP contribution in [-0.2, 0) is 21.2 Å². The zero-order valence-corrected chi connectivity index (χ0v) is 23.1. The van der Waals surface area contributed by atoms with Gasteiger partial charge in [-0.05, 0) is 38.3 Å². The Balaban J connectivity index is 1.76. The van der Waals surface area contributed by atoms with Gasteiger partial charge in [0.05, 0.1) is 42.5 Å². The molecule has 2 aliphatic rings. The summed E-state index contributed by atoms with van der Waals surface area (Å²) in [5, 5.41) is 7.72. The molecule has 1 saturated heterocycles. The number of hydrogen-bond acceptors (Lipinski definition) is 11. The van der Waals surface area contributed by atoms with E-state index in [0.29, 0.717) is 28.3 Å². The fourth-order valence-corrected chi connectivity index (χ4v) is 6.58. The maximum atomic E-state index is 14.0. The van der Waals surface area contributed by atoms with Gasteiger partial charge in [-0.1, -0.05) is 0 Å². The number of ether oxygens (including phenoxy) is 3. The Hall–Kier alpha value is -3.01. The highest BCUT2D eigenvalue weighted by Gasteiger charge is 2.50. The van der Waals surface area contributed by atoms with Crippen LogP contribution in [-0.4, -0.2) is 66.0 Å². The second kappa shape index (κ2) is 9.03. The molecule has 0 aliphatic carbocycles. The summed E-state index contributed by atoms with van der Waals surface area (Å²) >= 11 is 1.45. The molecule has 0 bridgehead atoms. The highest BCUT2D eigenvalue weighted by atomic mass is 32.2. The van der Waals surface area contributed by atoms with Gasteiger partial charge in [0, 0.05) is 22.6 Å². The number of rotatable bonds is 7. The van der Waals surface area contributed by atoms with Crippen molar-refractivity contribution in [2.45, 2.75) is 49.0 Å². The van der Waals surface area contributed by atoms with E-state index < -0.39 is 32.4 Å². The van der Waals surface area contributed by atoms with E-state index in [2.05, 4.69) is 5.10 Å². The Kier molecular flexibility index (Phi) is 6.32. The highest BCUT2D eigenvalue weighted by molar-refractivity contribution is 7.92. The predicted octanol–water partition coefficient (Wildman–Crippen LogP) is 1.40. The molecule has 0 saturated carbocycles. The number of thiophene rings is 1. The highest BCUT2D eigenvalue weighted by Crippen LogP contribution is 2.45. The first-order valence-electron chi connectivity index (χ1n) is 11.8. The third-order valence-corrected chi connectivity index (χ3v) is 9.56. The first-order chi connectivity index (χ1) is 17.8. The molecule has 38 heavy (non-hydrogen) atoms. The number of nitrogens with two attached hydrogens (primary N) is 3. The zero-order valence-electron chi connectivity index (χ0n) is 21.4. The molecule has 12 nitrogen and oxygen atoms in total. The molecule has 1 amide bonds. The van der Waals surface area contributed by atoms with Crippen molar-refractivity contribution in [2.75, 3.05) is 20.3 Å². The Labute approximate surface area is 224 Å². The molecule has 204 valence electrons. The third-order valence-electron chi connectivity index (χ3n) is 6.71. The van der Waals surface area contributed by atoms with Gasteiger partial charge in [0.1, 0.15) is 23.0 Å². The van der Waals surface area contributed by atoms with Crippen LogP contribution in [0.5, 0.6) is 11.5 Å². The first-order valence-corrected chi connectivity index (χ1v) is 14.3. The van der Waals surface area contributed by atoms with Gasteiger partial charge < -0.3 is 14.2 Å². The Morgan fingerprint density at radius 2 is 2.00 bits per heavy atom. The number of methoxy groups -OCH3 is 1. The van der Waals surface area contributed by atoms with Crippen molar-refractivity contribution in [1.29, 1.82) is 0 Å². The molecule has 1 aromatic carbocycles. The van der Waals surface area contributed by atoms with Crippen LogP contribution < -0.4 is 26.7 Å². The van der Waals surface area contributed by atoms with Crippen molar-refractivity contribution in [3.05, 3.63) is 40.2 Å². The van der Waals surface area contributed by atoms with Gasteiger partial charge in [0.15, 0.2) is 15.5 Å². The number of nitrogens with zero attached hydrogens (tertiary/aromatic N) is 3. The minimum Gasteiger partial charge on any atom is -0.495 e. The normalized spacial score (nSPS) is 16.3. The lowest BCUT2D eigenvalue weighted by Gasteiger charge is -2.51. The lowest BCUT2D eigenvalue weighted by Crippen LogP contribution is -2.79. The van der Waals surface area contributed by atoms with Gasteiger partial charge in [-0.15, -0.1) is 0 Å². The molecule has 0 atom stereocenters. The molecule has 3 aromatic rings. The van der Waals surface area contributed by atoms with Crippen molar-refractivity contribution >= 4 is 27.1 Å². The smallest absolute Gasteiger partial charge is 0.278 e. The molecule has 0 radical (unpaired) electrons. The van der Waals surface area contributed by atoms with Crippen LogP contribution in [0.15, 0.2) is 33.9 Å². The summed E-state index contributed by atoms with van der Waals surface area (Å²) in [5.74, 6) is -2.02. The van der Waals surface area contributed by atoms with Crippen molar-refractivity contribution in [2.24, 2.45) is 17.2 Å². The molecule has 0 spiro atoms. The number of carbonyl (C=O) groups excluding carboxylic acids is 1. The summed E-state index contributed by atoms with van der Waals surface area (Å²) < 4.78 is 44.8. The van der Waals surface area contributed by atoms with E-state index in [9.17, 15) is 13.2 Å². The van der Waals surface area contributed by atoms with Gasteiger partial charge in [-0.25, -0.2) is 13.1 Å². The molecular formula is C24H30N6O6S2. The molecule has 1 fully saturated rings. The van der Waals surface area contributed by atoms with Crippen LogP contribution in [0.25, 0.3) is 16.9 Å². The molecule has 6 N–H and O–H groups in total. The van der Waals surface area contributed by atoms with E-state index in [0.717, 1.165) is 0 Å². The van der Waals surface area contributed by atoms with Crippen molar-refractivity contribution in [1.82, 2.24) is 14.7 Å². The number of amides is 1. The number of fused-ring (bicyclic) bond motifs is 3. The monoisotopic (exact) mass is 562 g/mol. The van der Waals surface area contributed by atoms with Gasteiger partial charge in [0.2, 0.25) is 5.91 Å². The SMILES string of the molecule is COc1cc2c(cc1S(=O)(=O)C(C)C)-c1c(c(C(=O)N(C(N)(N)N)C3(C)COC3)nn1-c1ccsc1)CO2. The third kappa shape index (κ3) is 4.08. The van der Waals surface area contributed by atoms with Gasteiger partial charge in [-0.3, -0.25) is 26.9 Å². The summed E-state index contributed by atoms with van der Waals surface area (Å²) in [7, 11) is -2.32. The average molecular weight is 563 g/mol. The van der Waals surface area contributed by atoms with Crippen LogP contribution in [0, 0.1) is 0 Å². The summed E-state index contributed by atoms with van der Waals surface area (Å²) in [6, 6.07) is 4.90. The molecule has 14 heteroatoms.